The van der Waals surface area contributed by atoms with Crippen molar-refractivity contribution in [2.24, 2.45) is 0 Å². The Labute approximate surface area is 143 Å². The van der Waals surface area contributed by atoms with E-state index in [-0.39, 0.29) is 0 Å². The number of hydrogen-bond acceptors (Lipinski definition) is 1. The molecule has 0 bridgehead atoms. The molecule has 0 N–H and O–H groups in total. The lowest BCUT2D eigenvalue weighted by Crippen LogP contribution is -1.97. The van der Waals surface area contributed by atoms with Crippen molar-refractivity contribution < 1.29 is 0 Å². The number of benzene rings is 3. The van der Waals surface area contributed by atoms with Gasteiger partial charge in [-0.3, -0.25) is 0 Å². The first-order valence-electron chi connectivity index (χ1n) is 8.03. The number of allylic oxidation sites excluding steroid dienone is 1. The van der Waals surface area contributed by atoms with E-state index >= 15 is 0 Å². The van der Waals surface area contributed by atoms with Gasteiger partial charge in [0.25, 0.3) is 0 Å². The van der Waals surface area contributed by atoms with Gasteiger partial charge in [0.15, 0.2) is 0 Å². The lowest BCUT2D eigenvalue weighted by atomic mass is 9.87. The second kappa shape index (κ2) is 6.98. The Morgan fingerprint density at radius 3 is 1.92 bits per heavy atom. The molecule has 0 saturated heterocycles. The summed E-state index contributed by atoms with van der Waals surface area (Å²) in [6, 6.07) is 28.9. The number of nitrogens with zero attached hydrogens (tertiary/aromatic N) is 1. The zero-order valence-corrected chi connectivity index (χ0v) is 14.0. The molecule has 0 amide bonds. The summed E-state index contributed by atoms with van der Waals surface area (Å²) in [5.74, 6) is 0. The van der Waals surface area contributed by atoms with Crippen LogP contribution < -0.4 is 0 Å². The predicted molar refractivity (Wildman–Crippen MR) is 100 cm³/mol. The zero-order valence-electron chi connectivity index (χ0n) is 14.0. The lowest BCUT2D eigenvalue weighted by molar-refractivity contribution is 1.36. The molecule has 24 heavy (non-hydrogen) atoms. The molecule has 1 heteroatoms. The molecule has 0 spiro atoms. The van der Waals surface area contributed by atoms with Crippen molar-refractivity contribution in [3.63, 3.8) is 0 Å². The molecule has 3 aromatic rings. The van der Waals surface area contributed by atoms with Gasteiger partial charge in [0.05, 0.1) is 5.57 Å². The Morgan fingerprint density at radius 1 is 0.750 bits per heavy atom. The maximum atomic E-state index is 9.92. The van der Waals surface area contributed by atoms with E-state index in [1.165, 1.54) is 11.1 Å². The maximum Gasteiger partial charge on any atom is 0.100 e. The van der Waals surface area contributed by atoms with Crippen molar-refractivity contribution in [3.05, 3.63) is 107 Å². The van der Waals surface area contributed by atoms with Crippen LogP contribution >= 0.6 is 0 Å². The molecule has 0 saturated carbocycles. The normalized spacial score (nSPS) is 11.5. The van der Waals surface area contributed by atoms with E-state index in [1.807, 2.05) is 48.5 Å². The maximum absolute atomic E-state index is 9.92. The third-order valence-corrected chi connectivity index (χ3v) is 4.15. The third-order valence-electron chi connectivity index (χ3n) is 4.15. The Morgan fingerprint density at radius 2 is 1.33 bits per heavy atom. The van der Waals surface area contributed by atoms with Crippen molar-refractivity contribution in [1.82, 2.24) is 0 Å². The summed E-state index contributed by atoms with van der Waals surface area (Å²) in [4.78, 5) is 0. The fourth-order valence-electron chi connectivity index (χ4n) is 2.91. The molecule has 0 heterocycles. The summed E-state index contributed by atoms with van der Waals surface area (Å²) < 4.78 is 0. The van der Waals surface area contributed by atoms with Crippen LogP contribution in [0.2, 0.25) is 0 Å². The number of aryl methyl sites for hydroxylation is 2. The first-order chi connectivity index (χ1) is 11.7. The van der Waals surface area contributed by atoms with Crippen molar-refractivity contribution >= 4 is 11.1 Å². The minimum absolute atomic E-state index is 0.704. The van der Waals surface area contributed by atoms with Gasteiger partial charge in [0.1, 0.15) is 6.07 Å². The van der Waals surface area contributed by atoms with Gasteiger partial charge in [-0.05, 0) is 36.1 Å². The minimum Gasteiger partial charge on any atom is -0.192 e. The van der Waals surface area contributed by atoms with Crippen LogP contribution in [0.3, 0.4) is 0 Å². The SMILES string of the molecule is Cc1ccc(C)c(/C(=C(\C#N)c2ccccc2)c2ccccc2)c1. The first-order valence-corrected chi connectivity index (χ1v) is 8.03. The topological polar surface area (TPSA) is 23.8 Å². The van der Waals surface area contributed by atoms with Crippen molar-refractivity contribution in [1.29, 1.82) is 5.26 Å². The van der Waals surface area contributed by atoms with Crippen molar-refractivity contribution in [3.8, 4) is 6.07 Å². The van der Waals surface area contributed by atoms with Gasteiger partial charge in [-0.2, -0.15) is 5.26 Å². The highest BCUT2D eigenvalue weighted by Crippen LogP contribution is 2.34. The molecular formula is C23H19N. The van der Waals surface area contributed by atoms with Crippen molar-refractivity contribution in [2.75, 3.05) is 0 Å². The highest BCUT2D eigenvalue weighted by molar-refractivity contribution is 6.04. The molecule has 3 aromatic carbocycles. The average molecular weight is 309 g/mol. The Hall–Kier alpha value is -3.11. The Balaban J connectivity index is 2.37. The Bertz CT molecular complexity index is 913. The summed E-state index contributed by atoms with van der Waals surface area (Å²) in [5, 5.41) is 9.92. The fourth-order valence-corrected chi connectivity index (χ4v) is 2.91. The van der Waals surface area contributed by atoms with E-state index in [1.54, 1.807) is 0 Å². The van der Waals surface area contributed by atoms with Gasteiger partial charge in [-0.15, -0.1) is 0 Å². The molecule has 3 rings (SSSR count). The second-order valence-electron chi connectivity index (χ2n) is 5.91. The number of hydrogen-bond donors (Lipinski definition) is 0. The van der Waals surface area contributed by atoms with Crippen LogP contribution in [-0.4, -0.2) is 0 Å². The van der Waals surface area contributed by atoms with Crippen LogP contribution in [0.4, 0.5) is 0 Å². The molecule has 0 aliphatic rings. The van der Waals surface area contributed by atoms with E-state index < -0.39 is 0 Å². The predicted octanol–water partition coefficient (Wildman–Crippen LogP) is 5.79. The highest BCUT2D eigenvalue weighted by atomic mass is 14.3. The van der Waals surface area contributed by atoms with Gasteiger partial charge in [0.2, 0.25) is 0 Å². The van der Waals surface area contributed by atoms with Crippen LogP contribution in [0.1, 0.15) is 27.8 Å². The van der Waals surface area contributed by atoms with Gasteiger partial charge < -0.3 is 0 Å². The van der Waals surface area contributed by atoms with E-state index in [4.69, 9.17) is 0 Å². The molecule has 116 valence electrons. The summed E-state index contributed by atoms with van der Waals surface area (Å²) in [7, 11) is 0. The summed E-state index contributed by atoms with van der Waals surface area (Å²) in [6.45, 7) is 4.18. The Kier molecular flexibility index (Phi) is 4.59. The molecule has 1 nitrogen and oxygen atoms in total. The smallest absolute Gasteiger partial charge is 0.100 e. The molecule has 0 aliphatic heterocycles. The van der Waals surface area contributed by atoms with E-state index in [2.05, 4.69) is 50.2 Å². The van der Waals surface area contributed by atoms with E-state index in [0.717, 1.165) is 22.3 Å². The monoisotopic (exact) mass is 309 g/mol. The van der Waals surface area contributed by atoms with Crippen LogP contribution in [0.5, 0.6) is 0 Å². The quantitative estimate of drug-likeness (QED) is 0.444. The first kappa shape index (κ1) is 15.8. The van der Waals surface area contributed by atoms with Gasteiger partial charge >= 0.3 is 0 Å². The van der Waals surface area contributed by atoms with E-state index in [9.17, 15) is 5.26 Å². The number of nitriles is 1. The van der Waals surface area contributed by atoms with Crippen LogP contribution in [-0.2, 0) is 0 Å². The average Bonchev–Trinajstić information content (AvgIpc) is 2.63. The summed E-state index contributed by atoms with van der Waals surface area (Å²) in [5.41, 5.74) is 7.17. The summed E-state index contributed by atoms with van der Waals surface area (Å²) in [6.07, 6.45) is 0. The fraction of sp³-hybridized carbons (Fsp3) is 0.0870. The highest BCUT2D eigenvalue weighted by Gasteiger charge is 2.15. The standard InChI is InChI=1S/C23H19N/c1-17-13-14-18(2)21(15-17)23(20-11-7-4-8-12-20)22(16-24)19-9-5-3-6-10-19/h3-15H,1-2H3/b23-22+. The molecular weight excluding hydrogens is 290 g/mol. The van der Waals surface area contributed by atoms with Gasteiger partial charge in [0, 0.05) is 5.57 Å². The molecule has 0 atom stereocenters. The lowest BCUT2D eigenvalue weighted by Gasteiger charge is -2.15. The second-order valence-corrected chi connectivity index (χ2v) is 5.91. The summed E-state index contributed by atoms with van der Waals surface area (Å²) >= 11 is 0. The van der Waals surface area contributed by atoms with Crippen LogP contribution in [0, 0.1) is 25.2 Å². The van der Waals surface area contributed by atoms with Crippen LogP contribution in [0.15, 0.2) is 78.9 Å². The zero-order chi connectivity index (χ0) is 16.9. The molecule has 0 unspecified atom stereocenters. The minimum atomic E-state index is 0.704. The van der Waals surface area contributed by atoms with Gasteiger partial charge in [-0.1, -0.05) is 84.4 Å². The van der Waals surface area contributed by atoms with Crippen LogP contribution in [0.25, 0.3) is 11.1 Å². The van der Waals surface area contributed by atoms with E-state index in [0.29, 0.717) is 5.57 Å². The molecule has 0 fully saturated rings. The largest absolute Gasteiger partial charge is 0.192 e. The molecule has 0 aliphatic carbocycles. The van der Waals surface area contributed by atoms with Crippen molar-refractivity contribution in [2.45, 2.75) is 13.8 Å². The third kappa shape index (κ3) is 3.14. The number of rotatable bonds is 3. The van der Waals surface area contributed by atoms with Gasteiger partial charge in [-0.25, -0.2) is 0 Å². The molecule has 0 aromatic heterocycles. The molecule has 0 radical (unpaired) electrons.